The van der Waals surface area contributed by atoms with Crippen LogP contribution in [0.15, 0.2) is 12.4 Å². The van der Waals surface area contributed by atoms with Crippen molar-refractivity contribution in [3.05, 3.63) is 23.8 Å². The van der Waals surface area contributed by atoms with Crippen LogP contribution in [0.5, 0.6) is 0 Å². The molecule has 0 amide bonds. The first-order valence-corrected chi connectivity index (χ1v) is 6.32. The van der Waals surface area contributed by atoms with Crippen LogP contribution in [0.4, 0.5) is 0 Å². The van der Waals surface area contributed by atoms with Gasteiger partial charge in [-0.2, -0.15) is 0 Å². The van der Waals surface area contributed by atoms with Crippen LogP contribution >= 0.6 is 0 Å². The van der Waals surface area contributed by atoms with Crippen molar-refractivity contribution in [3.8, 4) is 0 Å². The van der Waals surface area contributed by atoms with E-state index in [1.165, 1.54) is 0 Å². The van der Waals surface area contributed by atoms with E-state index in [0.717, 1.165) is 30.8 Å². The lowest BCUT2D eigenvalue weighted by Crippen LogP contribution is -2.31. The van der Waals surface area contributed by atoms with Crippen molar-refractivity contribution in [1.82, 2.24) is 15.3 Å². The SMILES string of the molecule is CCOC(CC)(CC)c1ncc(CNC)cn1. The number of hydrogen-bond donors (Lipinski definition) is 1. The molecule has 1 heterocycles. The van der Waals surface area contributed by atoms with Crippen molar-refractivity contribution in [2.24, 2.45) is 0 Å². The van der Waals surface area contributed by atoms with Crippen LogP contribution < -0.4 is 5.32 Å². The third-order valence-electron chi connectivity index (χ3n) is 3.06. The Kier molecular flexibility index (Phi) is 5.51. The van der Waals surface area contributed by atoms with Crippen molar-refractivity contribution >= 4 is 0 Å². The van der Waals surface area contributed by atoms with Gasteiger partial charge in [0.15, 0.2) is 5.82 Å². The molecular formula is C13H23N3O. The molecule has 4 nitrogen and oxygen atoms in total. The van der Waals surface area contributed by atoms with E-state index in [1.807, 2.05) is 26.4 Å². The minimum absolute atomic E-state index is 0.326. The Labute approximate surface area is 104 Å². The molecule has 4 heteroatoms. The third-order valence-corrected chi connectivity index (χ3v) is 3.06. The van der Waals surface area contributed by atoms with Gasteiger partial charge in [0.2, 0.25) is 0 Å². The van der Waals surface area contributed by atoms with Crippen LogP contribution in [0.2, 0.25) is 0 Å². The van der Waals surface area contributed by atoms with Gasteiger partial charge in [-0.25, -0.2) is 9.97 Å². The second-order valence-corrected chi connectivity index (χ2v) is 4.08. The topological polar surface area (TPSA) is 47.0 Å². The standard InChI is InChI=1S/C13H23N3O/c1-5-13(6-2,17-7-3)12-15-9-11(8-14-4)10-16-12/h9-10,14H,5-8H2,1-4H3. The van der Waals surface area contributed by atoms with Gasteiger partial charge in [0.25, 0.3) is 0 Å². The Morgan fingerprint density at radius 1 is 1.18 bits per heavy atom. The van der Waals surface area contributed by atoms with Gasteiger partial charge in [-0.05, 0) is 26.8 Å². The van der Waals surface area contributed by atoms with Crippen LogP contribution in [0.1, 0.15) is 45.0 Å². The molecule has 0 saturated heterocycles. The number of aromatic nitrogens is 2. The second-order valence-electron chi connectivity index (χ2n) is 4.08. The molecule has 1 rings (SSSR count). The van der Waals surface area contributed by atoms with Crippen molar-refractivity contribution < 1.29 is 4.74 Å². The van der Waals surface area contributed by atoms with Gasteiger partial charge in [0.05, 0.1) is 0 Å². The zero-order valence-corrected chi connectivity index (χ0v) is 11.3. The number of hydrogen-bond acceptors (Lipinski definition) is 4. The maximum Gasteiger partial charge on any atom is 0.160 e. The summed E-state index contributed by atoms with van der Waals surface area (Å²) in [6, 6.07) is 0. The highest BCUT2D eigenvalue weighted by atomic mass is 16.5. The number of ether oxygens (including phenoxy) is 1. The van der Waals surface area contributed by atoms with Gasteiger partial charge in [-0.15, -0.1) is 0 Å². The Morgan fingerprint density at radius 3 is 2.18 bits per heavy atom. The summed E-state index contributed by atoms with van der Waals surface area (Å²) in [7, 11) is 1.91. The summed E-state index contributed by atoms with van der Waals surface area (Å²) < 4.78 is 5.87. The molecule has 96 valence electrons. The molecule has 1 aromatic heterocycles. The fourth-order valence-electron chi connectivity index (χ4n) is 2.00. The van der Waals surface area contributed by atoms with E-state index in [4.69, 9.17) is 4.74 Å². The smallest absolute Gasteiger partial charge is 0.160 e. The molecule has 0 bridgehead atoms. The summed E-state index contributed by atoms with van der Waals surface area (Å²) in [5.74, 6) is 0.796. The highest BCUT2D eigenvalue weighted by molar-refractivity contribution is 5.09. The molecule has 0 aliphatic carbocycles. The summed E-state index contributed by atoms with van der Waals surface area (Å²) in [6.45, 7) is 7.72. The van der Waals surface area contributed by atoms with Crippen LogP contribution in [0.25, 0.3) is 0 Å². The summed E-state index contributed by atoms with van der Waals surface area (Å²) in [5, 5.41) is 3.08. The fraction of sp³-hybridized carbons (Fsp3) is 0.692. The minimum atomic E-state index is -0.326. The first-order chi connectivity index (χ1) is 8.22. The summed E-state index contributed by atoms with van der Waals surface area (Å²) in [4.78, 5) is 8.91. The first-order valence-electron chi connectivity index (χ1n) is 6.32. The molecule has 0 atom stereocenters. The van der Waals surface area contributed by atoms with E-state index in [9.17, 15) is 0 Å². The monoisotopic (exact) mass is 237 g/mol. The minimum Gasteiger partial charge on any atom is -0.367 e. The van der Waals surface area contributed by atoms with Crippen LogP contribution in [-0.2, 0) is 16.9 Å². The molecular weight excluding hydrogens is 214 g/mol. The average Bonchev–Trinajstić information content (AvgIpc) is 2.38. The molecule has 0 spiro atoms. The Balaban J connectivity index is 2.94. The largest absolute Gasteiger partial charge is 0.367 e. The maximum absolute atomic E-state index is 5.87. The maximum atomic E-state index is 5.87. The molecule has 0 aliphatic heterocycles. The highest BCUT2D eigenvalue weighted by Crippen LogP contribution is 2.30. The number of nitrogens with one attached hydrogen (secondary N) is 1. The van der Waals surface area contributed by atoms with E-state index in [2.05, 4.69) is 29.1 Å². The van der Waals surface area contributed by atoms with E-state index < -0.39 is 0 Å². The molecule has 1 aromatic rings. The average molecular weight is 237 g/mol. The van der Waals surface area contributed by atoms with Crippen molar-refractivity contribution in [2.75, 3.05) is 13.7 Å². The zero-order chi connectivity index (χ0) is 12.7. The first kappa shape index (κ1) is 14.1. The third kappa shape index (κ3) is 3.23. The molecule has 0 aliphatic rings. The van der Waals surface area contributed by atoms with Crippen LogP contribution in [0, 0.1) is 0 Å². The van der Waals surface area contributed by atoms with Crippen LogP contribution in [-0.4, -0.2) is 23.6 Å². The molecule has 1 N–H and O–H groups in total. The molecule has 0 saturated carbocycles. The summed E-state index contributed by atoms with van der Waals surface area (Å²) in [6.07, 6.45) is 5.53. The van der Waals surface area contributed by atoms with E-state index in [1.54, 1.807) is 0 Å². The Bertz CT molecular complexity index is 320. The predicted molar refractivity (Wildman–Crippen MR) is 68.7 cm³/mol. The van der Waals surface area contributed by atoms with Gasteiger partial charge >= 0.3 is 0 Å². The quantitative estimate of drug-likeness (QED) is 0.790. The predicted octanol–water partition coefficient (Wildman–Crippen LogP) is 2.25. The Hall–Kier alpha value is -1.00. The van der Waals surface area contributed by atoms with Crippen LogP contribution in [0.3, 0.4) is 0 Å². The fourth-order valence-corrected chi connectivity index (χ4v) is 2.00. The van der Waals surface area contributed by atoms with E-state index in [-0.39, 0.29) is 5.60 Å². The summed E-state index contributed by atoms with van der Waals surface area (Å²) in [5.41, 5.74) is 0.765. The van der Waals surface area contributed by atoms with Crippen molar-refractivity contribution in [3.63, 3.8) is 0 Å². The molecule has 0 aromatic carbocycles. The lowest BCUT2D eigenvalue weighted by atomic mass is 9.96. The van der Waals surface area contributed by atoms with Crippen molar-refractivity contribution in [1.29, 1.82) is 0 Å². The van der Waals surface area contributed by atoms with Gasteiger partial charge in [-0.3, -0.25) is 0 Å². The normalized spacial score (nSPS) is 11.8. The lowest BCUT2D eigenvalue weighted by molar-refractivity contribution is -0.0572. The van der Waals surface area contributed by atoms with Gasteiger partial charge < -0.3 is 10.1 Å². The van der Waals surface area contributed by atoms with Gasteiger partial charge in [0.1, 0.15) is 5.60 Å². The number of rotatable bonds is 7. The van der Waals surface area contributed by atoms with E-state index in [0.29, 0.717) is 6.61 Å². The summed E-state index contributed by atoms with van der Waals surface area (Å²) >= 11 is 0. The zero-order valence-electron chi connectivity index (χ0n) is 11.3. The van der Waals surface area contributed by atoms with E-state index >= 15 is 0 Å². The molecule has 17 heavy (non-hydrogen) atoms. The molecule has 0 radical (unpaired) electrons. The van der Waals surface area contributed by atoms with Crippen molar-refractivity contribution in [2.45, 2.75) is 45.8 Å². The molecule has 0 fully saturated rings. The highest BCUT2D eigenvalue weighted by Gasteiger charge is 2.31. The Morgan fingerprint density at radius 2 is 1.76 bits per heavy atom. The molecule has 0 unspecified atom stereocenters. The number of nitrogens with zero attached hydrogens (tertiary/aromatic N) is 2. The van der Waals surface area contributed by atoms with Gasteiger partial charge in [0, 0.05) is 31.1 Å². The lowest BCUT2D eigenvalue weighted by Gasteiger charge is -2.29. The second kappa shape index (κ2) is 6.67. The van der Waals surface area contributed by atoms with Gasteiger partial charge in [-0.1, -0.05) is 13.8 Å².